The molecule has 22 heavy (non-hydrogen) atoms. The molecule has 3 nitrogen and oxygen atoms in total. The van der Waals surface area contributed by atoms with Gasteiger partial charge in [0, 0.05) is 23.7 Å². The maximum absolute atomic E-state index is 12.8. The average Bonchev–Trinajstić information content (AvgIpc) is 2.53. The van der Waals surface area contributed by atoms with E-state index in [1.807, 2.05) is 0 Å². The Bertz CT molecular complexity index is 599. The third-order valence-electron chi connectivity index (χ3n) is 3.04. The Morgan fingerprint density at radius 2 is 1.73 bits per heavy atom. The lowest BCUT2D eigenvalue weighted by Crippen LogP contribution is -2.36. The molecule has 0 saturated carbocycles. The van der Waals surface area contributed by atoms with Crippen molar-refractivity contribution in [2.24, 2.45) is 0 Å². The van der Waals surface area contributed by atoms with Crippen molar-refractivity contribution in [3.05, 3.63) is 65.5 Å². The van der Waals surface area contributed by atoms with Crippen LogP contribution >= 0.6 is 11.8 Å². The molecule has 0 aliphatic carbocycles. The summed E-state index contributed by atoms with van der Waals surface area (Å²) in [6, 6.07) is 14.2. The van der Waals surface area contributed by atoms with Crippen LogP contribution in [0.25, 0.3) is 0 Å². The molecule has 2 amide bonds. The molecule has 2 N–H and O–H groups in total. The molecule has 2 rings (SSSR count). The predicted octanol–water partition coefficient (Wildman–Crippen LogP) is 3.73. The Hall–Kier alpha value is -2.01. The summed E-state index contributed by atoms with van der Waals surface area (Å²) >= 11 is 1.70. The smallest absolute Gasteiger partial charge is 0.315 e. The first-order chi connectivity index (χ1) is 10.6. The van der Waals surface area contributed by atoms with Crippen LogP contribution in [0.3, 0.4) is 0 Å². The topological polar surface area (TPSA) is 41.1 Å². The number of aryl methyl sites for hydroxylation is 1. The lowest BCUT2D eigenvalue weighted by atomic mass is 10.2. The minimum absolute atomic E-state index is 0.214. The van der Waals surface area contributed by atoms with Gasteiger partial charge in [-0.15, -0.1) is 11.8 Å². The Balaban J connectivity index is 1.61. The van der Waals surface area contributed by atoms with Gasteiger partial charge in [0.2, 0.25) is 0 Å². The fourth-order valence-electron chi connectivity index (χ4n) is 1.82. The number of thioether (sulfide) groups is 1. The van der Waals surface area contributed by atoms with Crippen LogP contribution in [-0.4, -0.2) is 18.3 Å². The zero-order valence-electron chi connectivity index (χ0n) is 12.4. The summed E-state index contributed by atoms with van der Waals surface area (Å²) in [5, 5.41) is 5.54. The molecule has 0 saturated heterocycles. The fourth-order valence-corrected chi connectivity index (χ4v) is 2.58. The fraction of sp³-hybridized carbons (Fsp3) is 0.235. The first-order valence-corrected chi connectivity index (χ1v) is 8.07. The zero-order valence-corrected chi connectivity index (χ0v) is 13.3. The lowest BCUT2D eigenvalue weighted by Gasteiger charge is -2.08. The molecule has 0 aromatic heterocycles. The van der Waals surface area contributed by atoms with Crippen molar-refractivity contribution in [2.45, 2.75) is 18.4 Å². The quantitative estimate of drug-likeness (QED) is 0.629. The van der Waals surface area contributed by atoms with Crippen molar-refractivity contribution in [1.82, 2.24) is 10.6 Å². The van der Waals surface area contributed by atoms with E-state index in [-0.39, 0.29) is 11.8 Å². The van der Waals surface area contributed by atoms with Crippen LogP contribution in [0.2, 0.25) is 0 Å². The second-order valence-corrected chi connectivity index (χ2v) is 6.07. The van der Waals surface area contributed by atoms with Gasteiger partial charge in [-0.1, -0.05) is 29.8 Å². The summed E-state index contributed by atoms with van der Waals surface area (Å²) in [7, 11) is 0. The number of carbonyl (C=O) groups excluding carboxylic acids is 1. The highest BCUT2D eigenvalue weighted by atomic mass is 32.2. The van der Waals surface area contributed by atoms with E-state index in [0.717, 1.165) is 11.3 Å². The molecular weight excluding hydrogens is 299 g/mol. The van der Waals surface area contributed by atoms with Crippen LogP contribution in [-0.2, 0) is 6.54 Å². The molecule has 0 bridgehead atoms. The van der Waals surface area contributed by atoms with Crippen molar-refractivity contribution < 1.29 is 9.18 Å². The van der Waals surface area contributed by atoms with E-state index in [9.17, 15) is 9.18 Å². The van der Waals surface area contributed by atoms with E-state index in [0.29, 0.717) is 13.1 Å². The van der Waals surface area contributed by atoms with Crippen molar-refractivity contribution in [3.63, 3.8) is 0 Å². The van der Waals surface area contributed by atoms with Gasteiger partial charge in [-0.3, -0.25) is 0 Å². The zero-order chi connectivity index (χ0) is 15.8. The van der Waals surface area contributed by atoms with E-state index < -0.39 is 0 Å². The molecule has 0 atom stereocenters. The maximum Gasteiger partial charge on any atom is 0.315 e. The van der Waals surface area contributed by atoms with Crippen LogP contribution in [0, 0.1) is 12.7 Å². The van der Waals surface area contributed by atoms with Crippen LogP contribution in [0.15, 0.2) is 53.4 Å². The van der Waals surface area contributed by atoms with Gasteiger partial charge >= 0.3 is 6.03 Å². The third-order valence-corrected chi connectivity index (χ3v) is 4.06. The van der Waals surface area contributed by atoms with Gasteiger partial charge in [-0.25, -0.2) is 9.18 Å². The standard InChI is InChI=1S/C17H19FN2OS/c1-13-2-8-16(9-3-13)22-11-10-19-17(21)20-12-14-4-6-15(18)7-5-14/h2-9H,10-12H2,1H3,(H2,19,20,21). The van der Waals surface area contributed by atoms with Crippen molar-refractivity contribution in [3.8, 4) is 0 Å². The normalized spacial score (nSPS) is 10.3. The van der Waals surface area contributed by atoms with Gasteiger partial charge in [-0.05, 0) is 36.8 Å². The van der Waals surface area contributed by atoms with E-state index in [1.165, 1.54) is 22.6 Å². The van der Waals surface area contributed by atoms with Gasteiger partial charge < -0.3 is 10.6 Å². The van der Waals surface area contributed by atoms with E-state index in [2.05, 4.69) is 41.8 Å². The second kappa shape index (κ2) is 8.44. The Labute approximate surface area is 134 Å². The number of rotatable bonds is 6. The number of hydrogen-bond donors (Lipinski definition) is 2. The Kier molecular flexibility index (Phi) is 6.27. The summed E-state index contributed by atoms with van der Waals surface area (Å²) in [6.45, 7) is 3.03. The number of nitrogens with one attached hydrogen (secondary N) is 2. The molecule has 2 aromatic rings. The van der Waals surface area contributed by atoms with Gasteiger partial charge in [0.1, 0.15) is 5.82 Å². The van der Waals surface area contributed by atoms with Crippen molar-refractivity contribution in [2.75, 3.05) is 12.3 Å². The lowest BCUT2D eigenvalue weighted by molar-refractivity contribution is 0.241. The van der Waals surface area contributed by atoms with Crippen LogP contribution in [0.1, 0.15) is 11.1 Å². The van der Waals surface area contributed by atoms with E-state index in [1.54, 1.807) is 23.9 Å². The number of hydrogen-bond acceptors (Lipinski definition) is 2. The highest BCUT2D eigenvalue weighted by Crippen LogP contribution is 2.17. The van der Waals surface area contributed by atoms with Gasteiger partial charge in [0.05, 0.1) is 0 Å². The minimum atomic E-state index is -0.277. The number of amides is 2. The van der Waals surface area contributed by atoms with Gasteiger partial charge in [0.15, 0.2) is 0 Å². The number of carbonyl (C=O) groups is 1. The molecule has 116 valence electrons. The van der Waals surface area contributed by atoms with Crippen LogP contribution in [0.4, 0.5) is 9.18 Å². The first-order valence-electron chi connectivity index (χ1n) is 7.09. The highest BCUT2D eigenvalue weighted by molar-refractivity contribution is 7.99. The number of benzene rings is 2. The summed E-state index contributed by atoms with van der Waals surface area (Å²) in [5.41, 5.74) is 2.10. The first kappa shape index (κ1) is 16.4. The van der Waals surface area contributed by atoms with Crippen molar-refractivity contribution in [1.29, 1.82) is 0 Å². The van der Waals surface area contributed by atoms with Gasteiger partial charge in [-0.2, -0.15) is 0 Å². The number of urea groups is 1. The highest BCUT2D eigenvalue weighted by Gasteiger charge is 2.01. The van der Waals surface area contributed by atoms with E-state index >= 15 is 0 Å². The molecular formula is C17H19FN2OS. The monoisotopic (exact) mass is 318 g/mol. The van der Waals surface area contributed by atoms with Crippen molar-refractivity contribution >= 4 is 17.8 Å². The predicted molar refractivity (Wildman–Crippen MR) is 88.5 cm³/mol. The Morgan fingerprint density at radius 3 is 2.41 bits per heavy atom. The van der Waals surface area contributed by atoms with Crippen LogP contribution < -0.4 is 10.6 Å². The molecule has 0 radical (unpaired) electrons. The molecule has 0 aliphatic heterocycles. The van der Waals surface area contributed by atoms with Gasteiger partial charge in [0.25, 0.3) is 0 Å². The summed E-state index contributed by atoms with van der Waals surface area (Å²) in [6.07, 6.45) is 0. The average molecular weight is 318 g/mol. The summed E-state index contributed by atoms with van der Waals surface area (Å²) < 4.78 is 12.8. The Morgan fingerprint density at radius 1 is 1.05 bits per heavy atom. The second-order valence-electron chi connectivity index (χ2n) is 4.90. The van der Waals surface area contributed by atoms with E-state index in [4.69, 9.17) is 0 Å². The molecule has 0 heterocycles. The molecule has 0 aliphatic rings. The number of halogens is 1. The molecule has 5 heteroatoms. The molecule has 0 fully saturated rings. The third kappa shape index (κ3) is 5.77. The summed E-state index contributed by atoms with van der Waals surface area (Å²) in [4.78, 5) is 12.8. The van der Waals surface area contributed by atoms with Crippen LogP contribution in [0.5, 0.6) is 0 Å². The molecule has 2 aromatic carbocycles. The minimum Gasteiger partial charge on any atom is -0.337 e. The maximum atomic E-state index is 12.8. The summed E-state index contributed by atoms with van der Waals surface area (Å²) in [5.74, 6) is 0.536. The SMILES string of the molecule is Cc1ccc(SCCNC(=O)NCc2ccc(F)cc2)cc1. The largest absolute Gasteiger partial charge is 0.337 e. The molecule has 0 spiro atoms. The molecule has 0 unspecified atom stereocenters.